The second-order valence-electron chi connectivity index (χ2n) is 2.51. The van der Waals surface area contributed by atoms with Crippen molar-refractivity contribution < 1.29 is 9.34 Å². The molecule has 0 aliphatic carbocycles. The van der Waals surface area contributed by atoms with Crippen LogP contribution < -0.4 is 0 Å². The molecule has 8 heteroatoms. The monoisotopic (exact) mass is 195 g/mol. The average molecular weight is 195 g/mol. The molecule has 8 nitrogen and oxygen atoms in total. The molecule has 0 aliphatic rings. The van der Waals surface area contributed by atoms with Crippen molar-refractivity contribution in [3.05, 3.63) is 22.2 Å². The van der Waals surface area contributed by atoms with E-state index < -0.39 is 4.92 Å². The fraction of sp³-hybridized carbons (Fsp3) is 0.167. The van der Waals surface area contributed by atoms with Crippen molar-refractivity contribution in [2.24, 2.45) is 0 Å². The Bertz CT molecular complexity index is 473. The van der Waals surface area contributed by atoms with Gasteiger partial charge in [-0.2, -0.15) is 5.10 Å². The summed E-state index contributed by atoms with van der Waals surface area (Å²) < 4.78 is 5.02. The minimum atomic E-state index is -0.571. The highest BCUT2D eigenvalue weighted by molar-refractivity contribution is 5.60. The van der Waals surface area contributed by atoms with Gasteiger partial charge in [-0.25, -0.2) is 0 Å². The Morgan fingerprint density at radius 3 is 2.93 bits per heavy atom. The van der Waals surface area contributed by atoms with E-state index in [1.165, 1.54) is 0 Å². The number of aromatic amines is 1. The van der Waals surface area contributed by atoms with Gasteiger partial charge in [0, 0.05) is 6.92 Å². The highest BCUT2D eigenvalue weighted by atomic mass is 16.6. The van der Waals surface area contributed by atoms with Crippen LogP contribution in [0.3, 0.4) is 0 Å². The van der Waals surface area contributed by atoms with Gasteiger partial charge in [-0.15, -0.1) is 10.2 Å². The van der Waals surface area contributed by atoms with E-state index in [-0.39, 0.29) is 17.3 Å². The first-order chi connectivity index (χ1) is 6.68. The minimum Gasteiger partial charge on any atom is -0.419 e. The second kappa shape index (κ2) is 2.91. The molecule has 14 heavy (non-hydrogen) atoms. The number of nitro groups is 1. The molecule has 0 spiro atoms. The van der Waals surface area contributed by atoms with Crippen LogP contribution in [0.5, 0.6) is 0 Å². The van der Waals surface area contributed by atoms with Gasteiger partial charge in [0.25, 0.3) is 5.89 Å². The van der Waals surface area contributed by atoms with Gasteiger partial charge < -0.3 is 4.42 Å². The second-order valence-corrected chi connectivity index (χ2v) is 2.51. The minimum absolute atomic E-state index is 0.0618. The van der Waals surface area contributed by atoms with Gasteiger partial charge in [0.05, 0.1) is 4.92 Å². The van der Waals surface area contributed by atoms with Crippen molar-refractivity contribution in [1.82, 2.24) is 20.4 Å². The lowest BCUT2D eigenvalue weighted by Gasteiger charge is -1.88. The Morgan fingerprint density at radius 2 is 2.36 bits per heavy atom. The summed E-state index contributed by atoms with van der Waals surface area (Å²) in [4.78, 5) is 9.95. The SMILES string of the molecule is Cc1nnc(-c2[nH]ncc2[N+](=O)[O-])o1. The van der Waals surface area contributed by atoms with Crippen LogP contribution in [0.15, 0.2) is 10.6 Å². The summed E-state index contributed by atoms with van der Waals surface area (Å²) in [6, 6.07) is 0. The number of H-pyrrole nitrogens is 1. The highest BCUT2D eigenvalue weighted by Crippen LogP contribution is 2.25. The van der Waals surface area contributed by atoms with Crippen LogP contribution in [0.4, 0.5) is 5.69 Å². The molecule has 0 atom stereocenters. The number of rotatable bonds is 2. The highest BCUT2D eigenvalue weighted by Gasteiger charge is 2.21. The van der Waals surface area contributed by atoms with Gasteiger partial charge in [-0.3, -0.25) is 15.2 Å². The molecule has 0 aliphatic heterocycles. The average Bonchev–Trinajstić information content (AvgIpc) is 2.70. The molecule has 2 heterocycles. The maximum absolute atomic E-state index is 10.5. The number of hydrogen-bond donors (Lipinski definition) is 1. The van der Waals surface area contributed by atoms with Crippen molar-refractivity contribution in [3.8, 4) is 11.6 Å². The Kier molecular flexibility index (Phi) is 1.73. The summed E-state index contributed by atoms with van der Waals surface area (Å²) in [7, 11) is 0. The number of aromatic nitrogens is 4. The van der Waals surface area contributed by atoms with Crippen LogP contribution in [0.2, 0.25) is 0 Å². The molecule has 0 unspecified atom stereocenters. The molecule has 0 saturated heterocycles. The third kappa shape index (κ3) is 1.22. The van der Waals surface area contributed by atoms with Crippen molar-refractivity contribution in [2.75, 3.05) is 0 Å². The van der Waals surface area contributed by atoms with Crippen molar-refractivity contribution in [1.29, 1.82) is 0 Å². The number of nitrogens with one attached hydrogen (secondary N) is 1. The van der Waals surface area contributed by atoms with Crippen LogP contribution in [-0.2, 0) is 0 Å². The zero-order valence-electron chi connectivity index (χ0n) is 7.09. The number of aryl methyl sites for hydroxylation is 1. The predicted octanol–water partition coefficient (Wildman–Crippen LogP) is 0.676. The summed E-state index contributed by atoms with van der Waals surface area (Å²) in [6.45, 7) is 1.60. The molecule has 72 valence electrons. The molecule has 1 N–H and O–H groups in total. The summed E-state index contributed by atoms with van der Waals surface area (Å²) in [6.07, 6.45) is 1.09. The Morgan fingerprint density at radius 1 is 1.57 bits per heavy atom. The summed E-state index contributed by atoms with van der Waals surface area (Å²) in [5.41, 5.74) is -0.0655. The van der Waals surface area contributed by atoms with E-state index in [0.717, 1.165) is 6.20 Å². The topological polar surface area (TPSA) is 111 Å². The van der Waals surface area contributed by atoms with E-state index in [4.69, 9.17) is 4.42 Å². The zero-order chi connectivity index (χ0) is 10.1. The van der Waals surface area contributed by atoms with E-state index >= 15 is 0 Å². The fourth-order valence-electron chi connectivity index (χ4n) is 0.973. The van der Waals surface area contributed by atoms with Gasteiger partial charge >= 0.3 is 5.69 Å². The molecule has 0 radical (unpaired) electrons. The molecule has 0 bridgehead atoms. The van der Waals surface area contributed by atoms with Gasteiger partial charge in [0.1, 0.15) is 6.20 Å². The Labute approximate surface area is 77.1 Å². The fourth-order valence-corrected chi connectivity index (χ4v) is 0.973. The number of nitrogens with zero attached hydrogens (tertiary/aromatic N) is 4. The van der Waals surface area contributed by atoms with Gasteiger partial charge in [0.2, 0.25) is 11.6 Å². The smallest absolute Gasteiger partial charge is 0.319 e. The van der Waals surface area contributed by atoms with Crippen LogP contribution in [0.25, 0.3) is 11.6 Å². The molecular formula is C6H5N5O3. The van der Waals surface area contributed by atoms with E-state index in [2.05, 4.69) is 20.4 Å². The molecule has 0 amide bonds. The van der Waals surface area contributed by atoms with Gasteiger partial charge in [-0.1, -0.05) is 0 Å². The lowest BCUT2D eigenvalue weighted by atomic mass is 10.4. The first kappa shape index (κ1) is 8.35. The van der Waals surface area contributed by atoms with E-state index in [9.17, 15) is 10.1 Å². The largest absolute Gasteiger partial charge is 0.419 e. The van der Waals surface area contributed by atoms with Crippen LogP contribution in [0.1, 0.15) is 5.89 Å². The molecule has 2 rings (SSSR count). The van der Waals surface area contributed by atoms with E-state index in [0.29, 0.717) is 5.89 Å². The van der Waals surface area contributed by atoms with Crippen molar-refractivity contribution in [2.45, 2.75) is 6.92 Å². The van der Waals surface area contributed by atoms with Crippen molar-refractivity contribution in [3.63, 3.8) is 0 Å². The van der Waals surface area contributed by atoms with E-state index in [1.807, 2.05) is 0 Å². The summed E-state index contributed by atoms with van der Waals surface area (Å²) in [5.74, 6) is 0.399. The summed E-state index contributed by atoms with van der Waals surface area (Å²) >= 11 is 0. The van der Waals surface area contributed by atoms with Crippen LogP contribution in [0, 0.1) is 17.0 Å². The molecular weight excluding hydrogens is 190 g/mol. The third-order valence-corrected chi connectivity index (χ3v) is 1.56. The lowest BCUT2D eigenvalue weighted by Crippen LogP contribution is -1.89. The summed E-state index contributed by atoms with van der Waals surface area (Å²) in [5, 5.41) is 23.7. The first-order valence-electron chi connectivity index (χ1n) is 3.66. The predicted molar refractivity (Wildman–Crippen MR) is 43.3 cm³/mol. The zero-order valence-corrected chi connectivity index (χ0v) is 7.09. The first-order valence-corrected chi connectivity index (χ1v) is 3.66. The quantitative estimate of drug-likeness (QED) is 0.557. The van der Waals surface area contributed by atoms with E-state index in [1.54, 1.807) is 6.92 Å². The van der Waals surface area contributed by atoms with Gasteiger partial charge in [-0.05, 0) is 0 Å². The normalized spacial score (nSPS) is 10.4. The number of hydrogen-bond acceptors (Lipinski definition) is 6. The molecule has 0 aromatic carbocycles. The van der Waals surface area contributed by atoms with Gasteiger partial charge in [0.15, 0.2) is 0 Å². The van der Waals surface area contributed by atoms with Crippen LogP contribution >= 0.6 is 0 Å². The van der Waals surface area contributed by atoms with Crippen LogP contribution in [-0.4, -0.2) is 25.3 Å². The maximum atomic E-state index is 10.5. The Hall–Kier alpha value is -2.25. The Balaban J connectivity index is 2.51. The molecule has 0 saturated carbocycles. The molecule has 0 fully saturated rings. The maximum Gasteiger partial charge on any atom is 0.319 e. The molecule has 2 aromatic heterocycles. The van der Waals surface area contributed by atoms with Crippen molar-refractivity contribution >= 4 is 5.69 Å². The third-order valence-electron chi connectivity index (χ3n) is 1.56. The standard InChI is InChI=1S/C6H5N5O3/c1-3-8-10-6(14-3)5-4(11(12)13)2-7-9-5/h2H,1H3,(H,7,9). The lowest BCUT2D eigenvalue weighted by molar-refractivity contribution is -0.384. The molecule has 2 aromatic rings.